The third-order valence-corrected chi connectivity index (χ3v) is 7.62. The fraction of sp³-hybridized carbons (Fsp3) is 0.263. The standard InChI is InChI=1S/C19H18ClN7O5S2/c20-15-12(25-19(22)34-15)13(26-32)16(28)24-11-8-3-4-10(14(18(30)31)27(8)17(11)29)33-9-2-1-5-23-7(9)6-21/h1-2,5,8,11,32H,3-4,6,21H2,(H2,22,25)(H,24,28)(H,30,31)/b26-13-/t8-,11+/m1/s1. The molecule has 2 aliphatic rings. The third-order valence-electron chi connectivity index (χ3n) is 5.30. The number of allylic oxidation sites excluding steroid dienone is 1. The Kier molecular flexibility index (Phi) is 6.74. The zero-order valence-corrected chi connectivity index (χ0v) is 19.7. The highest BCUT2D eigenvalue weighted by molar-refractivity contribution is 8.03. The lowest BCUT2D eigenvalue weighted by atomic mass is 9.86. The number of nitrogens with zero attached hydrogens (tertiary/aromatic N) is 4. The lowest BCUT2D eigenvalue weighted by Gasteiger charge is -2.50. The van der Waals surface area contributed by atoms with Crippen LogP contribution in [0.3, 0.4) is 0 Å². The first kappa shape index (κ1) is 23.9. The number of fused-ring (bicyclic) bond motifs is 1. The molecular formula is C19H18ClN7O5S2. The second-order valence-electron chi connectivity index (χ2n) is 7.22. The number of carboxylic acids is 1. The van der Waals surface area contributed by atoms with Gasteiger partial charge in [-0.1, -0.05) is 39.9 Å². The SMILES string of the molecule is NCc1ncccc1SC1=C(C(=O)O)N2C(=O)[C@@H](NC(=O)/C(=N\O)c3nc(N)sc3Cl)[C@H]2CC1. The molecule has 0 spiro atoms. The lowest BCUT2D eigenvalue weighted by molar-refractivity contribution is -0.155. The Labute approximate surface area is 205 Å². The van der Waals surface area contributed by atoms with Crippen LogP contribution >= 0.6 is 34.7 Å². The number of thiazole rings is 1. The summed E-state index contributed by atoms with van der Waals surface area (Å²) >= 11 is 8.09. The van der Waals surface area contributed by atoms with Crippen LogP contribution in [0.2, 0.25) is 4.34 Å². The summed E-state index contributed by atoms with van der Waals surface area (Å²) in [5.41, 5.74) is 11.1. The van der Waals surface area contributed by atoms with E-state index >= 15 is 0 Å². The van der Waals surface area contributed by atoms with Gasteiger partial charge in [0, 0.05) is 22.5 Å². The topological polar surface area (TPSA) is 197 Å². The van der Waals surface area contributed by atoms with Crippen LogP contribution in [0.5, 0.6) is 0 Å². The number of carbonyl (C=O) groups is 3. The van der Waals surface area contributed by atoms with Gasteiger partial charge in [0.05, 0.1) is 11.7 Å². The van der Waals surface area contributed by atoms with E-state index in [-0.39, 0.29) is 27.4 Å². The number of rotatable bonds is 7. The molecule has 4 heterocycles. The highest BCUT2D eigenvalue weighted by Crippen LogP contribution is 2.43. The number of pyridine rings is 1. The number of anilines is 1. The van der Waals surface area contributed by atoms with E-state index < -0.39 is 35.6 Å². The minimum atomic E-state index is -1.26. The van der Waals surface area contributed by atoms with E-state index in [1.807, 2.05) is 0 Å². The molecule has 4 rings (SSSR count). The number of β-lactam (4-membered cyclic amide) rings is 1. The molecule has 2 aliphatic heterocycles. The molecule has 2 amide bonds. The smallest absolute Gasteiger partial charge is 0.353 e. The van der Waals surface area contributed by atoms with Crippen molar-refractivity contribution < 1.29 is 24.7 Å². The van der Waals surface area contributed by atoms with Gasteiger partial charge in [-0.25, -0.2) is 9.78 Å². The van der Waals surface area contributed by atoms with Crippen molar-refractivity contribution in [3.05, 3.63) is 44.7 Å². The van der Waals surface area contributed by atoms with Crippen LogP contribution in [0.25, 0.3) is 0 Å². The third kappa shape index (κ3) is 4.20. The zero-order valence-electron chi connectivity index (χ0n) is 17.3. The van der Waals surface area contributed by atoms with Crippen molar-refractivity contribution in [3.63, 3.8) is 0 Å². The number of nitrogens with one attached hydrogen (secondary N) is 1. The van der Waals surface area contributed by atoms with Gasteiger partial charge in [-0.05, 0) is 25.0 Å². The van der Waals surface area contributed by atoms with Gasteiger partial charge in [-0.2, -0.15) is 0 Å². The molecule has 0 saturated carbocycles. The summed E-state index contributed by atoms with van der Waals surface area (Å²) in [5, 5.41) is 24.7. The summed E-state index contributed by atoms with van der Waals surface area (Å²) in [7, 11) is 0. The van der Waals surface area contributed by atoms with E-state index in [0.29, 0.717) is 28.3 Å². The molecule has 7 N–H and O–H groups in total. The minimum absolute atomic E-state index is 0.0460. The van der Waals surface area contributed by atoms with Crippen LogP contribution in [0.4, 0.5) is 5.13 Å². The van der Waals surface area contributed by atoms with Gasteiger partial charge in [-0.15, -0.1) is 0 Å². The van der Waals surface area contributed by atoms with Crippen LogP contribution in [0, 0.1) is 0 Å². The van der Waals surface area contributed by atoms with E-state index in [4.69, 9.17) is 23.1 Å². The van der Waals surface area contributed by atoms with Gasteiger partial charge in [0.1, 0.15) is 21.8 Å². The van der Waals surface area contributed by atoms with Gasteiger partial charge >= 0.3 is 5.97 Å². The Morgan fingerprint density at radius 1 is 1.44 bits per heavy atom. The number of carboxylic acid groups (broad SMARTS) is 1. The lowest BCUT2D eigenvalue weighted by Crippen LogP contribution is -2.72. The predicted octanol–water partition coefficient (Wildman–Crippen LogP) is 0.989. The number of halogens is 1. The number of nitrogen functional groups attached to an aromatic ring is 1. The summed E-state index contributed by atoms with van der Waals surface area (Å²) in [6, 6.07) is 1.92. The number of nitrogens with two attached hydrogens (primary N) is 2. The molecule has 0 bridgehead atoms. The monoisotopic (exact) mass is 523 g/mol. The molecule has 1 saturated heterocycles. The molecule has 15 heteroatoms. The van der Waals surface area contributed by atoms with Crippen molar-refractivity contribution in [2.75, 3.05) is 5.73 Å². The molecule has 34 heavy (non-hydrogen) atoms. The first-order valence-corrected chi connectivity index (χ1v) is 11.8. The molecule has 2 aromatic rings. The van der Waals surface area contributed by atoms with E-state index in [2.05, 4.69) is 20.4 Å². The number of hydrogen-bond acceptors (Lipinski definition) is 11. The average molecular weight is 524 g/mol. The molecule has 2 aromatic heterocycles. The molecule has 0 aliphatic carbocycles. The van der Waals surface area contributed by atoms with Crippen molar-refractivity contribution in [2.24, 2.45) is 10.9 Å². The maximum atomic E-state index is 12.9. The maximum absolute atomic E-state index is 12.9. The Bertz CT molecular complexity index is 1250. The van der Waals surface area contributed by atoms with Crippen molar-refractivity contribution in [1.29, 1.82) is 0 Å². The number of amides is 2. The van der Waals surface area contributed by atoms with Crippen molar-refractivity contribution in [2.45, 2.75) is 36.4 Å². The minimum Gasteiger partial charge on any atom is -0.477 e. The number of hydrogen-bond donors (Lipinski definition) is 5. The zero-order chi connectivity index (χ0) is 24.6. The van der Waals surface area contributed by atoms with Crippen LogP contribution < -0.4 is 16.8 Å². The number of aliphatic carboxylic acids is 1. The normalized spacial score (nSPS) is 20.1. The van der Waals surface area contributed by atoms with Crippen LogP contribution in [0.15, 0.2) is 39.0 Å². The van der Waals surface area contributed by atoms with Crippen LogP contribution in [-0.2, 0) is 20.9 Å². The number of aromatic nitrogens is 2. The summed E-state index contributed by atoms with van der Waals surface area (Å²) in [4.78, 5) is 48.1. The van der Waals surface area contributed by atoms with Gasteiger partial charge in [0.15, 0.2) is 10.8 Å². The van der Waals surface area contributed by atoms with E-state index in [9.17, 15) is 24.7 Å². The fourth-order valence-corrected chi connectivity index (χ4v) is 5.90. The fourth-order valence-electron chi connectivity index (χ4n) is 3.80. The molecule has 0 aromatic carbocycles. The van der Waals surface area contributed by atoms with Crippen molar-refractivity contribution in [3.8, 4) is 0 Å². The highest BCUT2D eigenvalue weighted by Gasteiger charge is 2.54. The second-order valence-corrected chi connectivity index (χ2v) is 9.99. The summed E-state index contributed by atoms with van der Waals surface area (Å²) in [5.74, 6) is -2.75. The van der Waals surface area contributed by atoms with Crippen molar-refractivity contribution >= 4 is 63.3 Å². The molecular weight excluding hydrogens is 506 g/mol. The molecule has 0 radical (unpaired) electrons. The quantitative estimate of drug-likeness (QED) is 0.151. The average Bonchev–Trinajstić information content (AvgIpc) is 3.15. The largest absolute Gasteiger partial charge is 0.477 e. The number of thioether (sulfide) groups is 1. The summed E-state index contributed by atoms with van der Waals surface area (Å²) in [6.45, 7) is 0.182. The molecule has 1 fully saturated rings. The Balaban J connectivity index is 1.55. The summed E-state index contributed by atoms with van der Waals surface area (Å²) < 4.78 is 0.0460. The Morgan fingerprint density at radius 2 is 2.21 bits per heavy atom. The van der Waals surface area contributed by atoms with Crippen molar-refractivity contribution in [1.82, 2.24) is 20.2 Å². The van der Waals surface area contributed by atoms with E-state index in [0.717, 1.165) is 11.3 Å². The van der Waals surface area contributed by atoms with E-state index in [1.54, 1.807) is 18.3 Å². The van der Waals surface area contributed by atoms with Gasteiger partial charge in [0.2, 0.25) is 0 Å². The number of oxime groups is 1. The first-order chi connectivity index (χ1) is 16.3. The molecule has 12 nitrogen and oxygen atoms in total. The van der Waals surface area contributed by atoms with Gasteiger partial charge < -0.3 is 27.1 Å². The first-order valence-electron chi connectivity index (χ1n) is 9.83. The maximum Gasteiger partial charge on any atom is 0.353 e. The predicted molar refractivity (Wildman–Crippen MR) is 124 cm³/mol. The Morgan fingerprint density at radius 3 is 2.82 bits per heavy atom. The van der Waals surface area contributed by atoms with Gasteiger partial charge in [0.25, 0.3) is 11.8 Å². The molecule has 2 atom stereocenters. The Hall–Kier alpha value is -3.20. The van der Waals surface area contributed by atoms with Crippen LogP contribution in [-0.4, -0.2) is 60.8 Å². The van der Waals surface area contributed by atoms with E-state index in [1.165, 1.54) is 16.7 Å². The molecule has 0 unspecified atom stereocenters. The molecule has 178 valence electrons. The van der Waals surface area contributed by atoms with Gasteiger partial charge in [-0.3, -0.25) is 19.5 Å². The van der Waals surface area contributed by atoms with Crippen LogP contribution in [0.1, 0.15) is 24.2 Å². The highest BCUT2D eigenvalue weighted by atomic mass is 35.5. The summed E-state index contributed by atoms with van der Waals surface area (Å²) in [6.07, 6.45) is 2.37. The second kappa shape index (κ2) is 9.58. The number of carbonyl (C=O) groups excluding carboxylic acids is 2.